The number of hydrogen-bond acceptors (Lipinski definition) is 2. The predicted molar refractivity (Wildman–Crippen MR) is 70.5 cm³/mol. The zero-order chi connectivity index (χ0) is 12.8. The molecule has 2 aromatic rings. The standard InChI is InChI=1S/C14H12N2O2/c17-10-15-12-8-6-11(7-9-12)14(18)16-13-4-2-1-3-5-13/h1-10H,(H,15,17)(H,16,18). The lowest BCUT2D eigenvalue weighted by molar-refractivity contribution is -0.105. The van der Waals surface area contributed by atoms with Gasteiger partial charge in [0.2, 0.25) is 6.41 Å². The summed E-state index contributed by atoms with van der Waals surface area (Å²) >= 11 is 0. The molecule has 18 heavy (non-hydrogen) atoms. The Morgan fingerprint density at radius 2 is 1.56 bits per heavy atom. The molecular formula is C14H12N2O2. The summed E-state index contributed by atoms with van der Waals surface area (Å²) in [6.07, 6.45) is 0.596. The molecule has 2 amide bonds. The Labute approximate surface area is 105 Å². The van der Waals surface area contributed by atoms with Gasteiger partial charge in [-0.25, -0.2) is 0 Å². The van der Waals surface area contributed by atoms with E-state index in [-0.39, 0.29) is 5.91 Å². The molecule has 4 heteroatoms. The summed E-state index contributed by atoms with van der Waals surface area (Å²) < 4.78 is 0. The number of amides is 2. The molecule has 90 valence electrons. The van der Waals surface area contributed by atoms with Gasteiger partial charge < -0.3 is 10.6 Å². The van der Waals surface area contributed by atoms with Crippen LogP contribution in [0.4, 0.5) is 11.4 Å². The van der Waals surface area contributed by atoms with E-state index in [1.165, 1.54) is 0 Å². The number of anilines is 2. The Kier molecular flexibility index (Phi) is 3.71. The van der Waals surface area contributed by atoms with E-state index in [1.54, 1.807) is 24.3 Å². The van der Waals surface area contributed by atoms with Gasteiger partial charge in [0.05, 0.1) is 0 Å². The van der Waals surface area contributed by atoms with Crippen LogP contribution in [-0.4, -0.2) is 12.3 Å². The Bertz CT molecular complexity index is 535. The number of benzene rings is 2. The largest absolute Gasteiger partial charge is 0.329 e. The van der Waals surface area contributed by atoms with Gasteiger partial charge in [-0.2, -0.15) is 0 Å². The molecule has 0 radical (unpaired) electrons. The fourth-order valence-electron chi connectivity index (χ4n) is 1.51. The van der Waals surface area contributed by atoms with Crippen LogP contribution in [0, 0.1) is 0 Å². The van der Waals surface area contributed by atoms with Crippen molar-refractivity contribution in [2.75, 3.05) is 10.6 Å². The van der Waals surface area contributed by atoms with Crippen molar-refractivity contribution in [3.8, 4) is 0 Å². The van der Waals surface area contributed by atoms with Gasteiger partial charge in [0.1, 0.15) is 0 Å². The molecule has 0 aliphatic heterocycles. The minimum atomic E-state index is -0.182. The summed E-state index contributed by atoms with van der Waals surface area (Å²) in [7, 11) is 0. The maximum Gasteiger partial charge on any atom is 0.255 e. The predicted octanol–water partition coefficient (Wildman–Crippen LogP) is 2.51. The highest BCUT2D eigenvalue weighted by Gasteiger charge is 2.05. The minimum Gasteiger partial charge on any atom is -0.329 e. The lowest BCUT2D eigenvalue weighted by Crippen LogP contribution is -2.11. The van der Waals surface area contributed by atoms with Crippen LogP contribution in [0.1, 0.15) is 10.4 Å². The van der Waals surface area contributed by atoms with Crippen molar-refractivity contribution in [2.45, 2.75) is 0 Å². The first-order chi connectivity index (χ1) is 8.79. The van der Waals surface area contributed by atoms with Crippen LogP contribution in [0.25, 0.3) is 0 Å². The van der Waals surface area contributed by atoms with E-state index < -0.39 is 0 Å². The highest BCUT2D eigenvalue weighted by Crippen LogP contribution is 2.11. The first-order valence-electron chi connectivity index (χ1n) is 5.46. The van der Waals surface area contributed by atoms with Crippen molar-refractivity contribution in [1.82, 2.24) is 0 Å². The Morgan fingerprint density at radius 3 is 2.17 bits per heavy atom. The maximum atomic E-state index is 11.9. The van der Waals surface area contributed by atoms with Crippen LogP contribution in [0.2, 0.25) is 0 Å². The van der Waals surface area contributed by atoms with E-state index in [4.69, 9.17) is 0 Å². The second-order valence-electron chi connectivity index (χ2n) is 3.66. The van der Waals surface area contributed by atoms with E-state index in [1.807, 2.05) is 30.3 Å². The average Bonchev–Trinajstić information content (AvgIpc) is 2.41. The number of nitrogens with one attached hydrogen (secondary N) is 2. The molecule has 2 aromatic carbocycles. The molecule has 2 N–H and O–H groups in total. The molecule has 0 unspecified atom stereocenters. The van der Waals surface area contributed by atoms with Gasteiger partial charge in [-0.1, -0.05) is 18.2 Å². The molecule has 0 saturated carbocycles. The van der Waals surface area contributed by atoms with E-state index in [2.05, 4.69) is 10.6 Å². The van der Waals surface area contributed by atoms with Gasteiger partial charge in [-0.15, -0.1) is 0 Å². The molecule has 0 atom stereocenters. The summed E-state index contributed by atoms with van der Waals surface area (Å²) in [5.41, 5.74) is 1.94. The maximum absolute atomic E-state index is 11.9. The number of carbonyl (C=O) groups is 2. The van der Waals surface area contributed by atoms with Crippen LogP contribution in [-0.2, 0) is 4.79 Å². The fraction of sp³-hybridized carbons (Fsp3) is 0. The third kappa shape index (κ3) is 2.95. The van der Waals surface area contributed by atoms with Crippen molar-refractivity contribution < 1.29 is 9.59 Å². The summed E-state index contributed by atoms with van der Waals surface area (Å²) in [4.78, 5) is 22.1. The van der Waals surface area contributed by atoms with E-state index in [0.29, 0.717) is 17.7 Å². The molecule has 4 nitrogen and oxygen atoms in total. The second kappa shape index (κ2) is 5.63. The fourth-order valence-corrected chi connectivity index (χ4v) is 1.51. The highest BCUT2D eigenvalue weighted by atomic mass is 16.1. The van der Waals surface area contributed by atoms with E-state index in [0.717, 1.165) is 5.69 Å². The molecule has 0 bridgehead atoms. The van der Waals surface area contributed by atoms with Crippen LogP contribution in [0.3, 0.4) is 0 Å². The summed E-state index contributed by atoms with van der Waals surface area (Å²) in [5, 5.41) is 5.29. The van der Waals surface area contributed by atoms with Gasteiger partial charge >= 0.3 is 0 Å². The summed E-state index contributed by atoms with van der Waals surface area (Å²) in [6.45, 7) is 0. The molecule has 0 spiro atoms. The van der Waals surface area contributed by atoms with Crippen molar-refractivity contribution in [3.05, 3.63) is 60.2 Å². The van der Waals surface area contributed by atoms with Crippen LogP contribution < -0.4 is 10.6 Å². The van der Waals surface area contributed by atoms with Gasteiger partial charge in [0.15, 0.2) is 0 Å². The molecule has 0 aliphatic rings. The third-order valence-corrected chi connectivity index (χ3v) is 2.40. The number of carbonyl (C=O) groups excluding carboxylic acids is 2. The van der Waals surface area contributed by atoms with Gasteiger partial charge in [-0.3, -0.25) is 9.59 Å². The molecule has 0 fully saturated rings. The highest BCUT2D eigenvalue weighted by molar-refractivity contribution is 6.04. The van der Waals surface area contributed by atoms with E-state index >= 15 is 0 Å². The summed E-state index contributed by atoms with van der Waals surface area (Å²) in [5.74, 6) is -0.182. The van der Waals surface area contributed by atoms with Crippen molar-refractivity contribution in [3.63, 3.8) is 0 Å². The Balaban J connectivity index is 2.07. The first kappa shape index (κ1) is 11.9. The lowest BCUT2D eigenvalue weighted by Gasteiger charge is -2.05. The second-order valence-corrected chi connectivity index (χ2v) is 3.66. The lowest BCUT2D eigenvalue weighted by atomic mass is 10.2. The molecule has 0 saturated heterocycles. The van der Waals surface area contributed by atoms with Gasteiger partial charge in [0.25, 0.3) is 5.91 Å². The Morgan fingerprint density at radius 1 is 0.889 bits per heavy atom. The third-order valence-electron chi connectivity index (χ3n) is 2.40. The molecular weight excluding hydrogens is 228 g/mol. The first-order valence-corrected chi connectivity index (χ1v) is 5.46. The quantitative estimate of drug-likeness (QED) is 0.807. The van der Waals surface area contributed by atoms with Crippen LogP contribution in [0.15, 0.2) is 54.6 Å². The van der Waals surface area contributed by atoms with Crippen molar-refractivity contribution in [2.24, 2.45) is 0 Å². The van der Waals surface area contributed by atoms with Crippen molar-refractivity contribution >= 4 is 23.7 Å². The normalized spacial score (nSPS) is 9.56. The van der Waals surface area contributed by atoms with E-state index in [9.17, 15) is 9.59 Å². The molecule has 2 rings (SSSR count). The van der Waals surface area contributed by atoms with Gasteiger partial charge in [-0.05, 0) is 36.4 Å². The molecule has 0 aliphatic carbocycles. The SMILES string of the molecule is O=CNc1ccc(C(=O)Nc2ccccc2)cc1. The zero-order valence-electron chi connectivity index (χ0n) is 9.59. The zero-order valence-corrected chi connectivity index (χ0v) is 9.59. The monoisotopic (exact) mass is 240 g/mol. The minimum absolute atomic E-state index is 0.182. The number of para-hydroxylation sites is 1. The number of hydrogen-bond donors (Lipinski definition) is 2. The average molecular weight is 240 g/mol. The molecule has 0 aromatic heterocycles. The smallest absolute Gasteiger partial charge is 0.255 e. The van der Waals surface area contributed by atoms with Gasteiger partial charge in [0, 0.05) is 16.9 Å². The van der Waals surface area contributed by atoms with Crippen LogP contribution in [0.5, 0.6) is 0 Å². The van der Waals surface area contributed by atoms with Crippen LogP contribution >= 0.6 is 0 Å². The Hall–Kier alpha value is -2.62. The number of rotatable bonds is 4. The van der Waals surface area contributed by atoms with Crippen molar-refractivity contribution in [1.29, 1.82) is 0 Å². The summed E-state index contributed by atoms with van der Waals surface area (Å²) in [6, 6.07) is 15.9. The topological polar surface area (TPSA) is 58.2 Å². The molecule has 0 heterocycles.